The number of amides is 6. The summed E-state index contributed by atoms with van der Waals surface area (Å²) >= 11 is 8.09. The zero-order chi connectivity index (χ0) is 54.7. The number of hydrogen-bond acceptors (Lipinski definition) is 18. The molecule has 0 radical (unpaired) electrons. The van der Waals surface area contributed by atoms with Gasteiger partial charge in [-0.3, -0.25) is 28.9 Å². The molecule has 4 bridgehead atoms. The normalized spacial score (nSPS) is 26.6. The number of alkyl carbamates (subject to hydrolysis) is 1. The van der Waals surface area contributed by atoms with Crippen molar-refractivity contribution in [3.05, 3.63) is 46.5 Å². The van der Waals surface area contributed by atoms with Gasteiger partial charge >= 0.3 is 12.1 Å². The van der Waals surface area contributed by atoms with Gasteiger partial charge < -0.3 is 68.6 Å². The predicted octanol–water partition coefficient (Wildman–Crippen LogP) is 3.06. The molecule has 5 rings (SSSR count). The number of esters is 1. The van der Waals surface area contributed by atoms with Crippen molar-refractivity contribution < 1.29 is 80.9 Å². The summed E-state index contributed by atoms with van der Waals surface area (Å²) in [5.41, 5.74) is 6.11. The van der Waals surface area contributed by atoms with E-state index in [9.17, 15) is 33.6 Å². The van der Waals surface area contributed by atoms with Crippen LogP contribution in [0.25, 0.3) is 0 Å². The SMILES string of the molecule is COc1cc2cc(c1Cl)N(C)C(=O)C[C@H](OC(=O)[C@H](C)OCCOCCSC1CC(=O)N(CCC(=O)NCCOCCOCCOCCC(N)=O)C1=O)[C@]1(C)O[C@H]1[C@H](C)C1C[C@@H](NC(=O)O1)[C@H](OC)/C=C/C=C(\C)C2. The number of benzene rings is 1. The fourth-order valence-electron chi connectivity index (χ4n) is 8.79. The van der Waals surface area contributed by atoms with Gasteiger partial charge in [0.05, 0.1) is 102 Å². The van der Waals surface area contributed by atoms with Crippen molar-refractivity contribution in [3.8, 4) is 5.75 Å². The van der Waals surface area contributed by atoms with Gasteiger partial charge in [-0.1, -0.05) is 42.3 Å². The molecule has 3 saturated heterocycles. The number of epoxide rings is 1. The molecule has 0 aromatic heterocycles. The molecule has 75 heavy (non-hydrogen) atoms. The number of carbonyl (C=O) groups is 7. The number of likely N-dealkylation sites (tertiary alicyclic amines) is 1. The third-order valence-electron chi connectivity index (χ3n) is 13.2. The number of hydrogen-bond donors (Lipinski definition) is 3. The van der Waals surface area contributed by atoms with Gasteiger partial charge in [0, 0.05) is 64.6 Å². The number of anilines is 1. The first-order valence-electron chi connectivity index (χ1n) is 25.1. The van der Waals surface area contributed by atoms with E-state index in [1.165, 1.54) is 30.7 Å². The van der Waals surface area contributed by atoms with Crippen molar-refractivity contribution in [1.82, 2.24) is 15.5 Å². The number of nitrogens with two attached hydrogens (primary N) is 1. The molecule has 2 unspecified atom stereocenters. The summed E-state index contributed by atoms with van der Waals surface area (Å²) < 4.78 is 57.1. The molecule has 24 heteroatoms. The number of ether oxygens (including phenoxy) is 10. The minimum absolute atomic E-state index is 0.0147. The van der Waals surface area contributed by atoms with E-state index in [4.69, 9.17) is 64.7 Å². The highest BCUT2D eigenvalue weighted by Crippen LogP contribution is 2.49. The lowest BCUT2D eigenvalue weighted by molar-refractivity contribution is -0.166. The zero-order valence-corrected chi connectivity index (χ0v) is 45.5. The molecule has 1 aromatic rings. The molecule has 3 fully saturated rings. The number of allylic oxidation sites excluding steroid dienone is 3. The van der Waals surface area contributed by atoms with E-state index in [1.807, 2.05) is 44.2 Å². The second-order valence-corrected chi connectivity index (χ2v) is 20.4. The highest BCUT2D eigenvalue weighted by atomic mass is 35.5. The van der Waals surface area contributed by atoms with Crippen LogP contribution < -0.4 is 26.0 Å². The fourth-order valence-corrected chi connectivity index (χ4v) is 10.1. The van der Waals surface area contributed by atoms with E-state index in [0.29, 0.717) is 56.5 Å². The molecule has 4 N–H and O–H groups in total. The van der Waals surface area contributed by atoms with Gasteiger partial charge in [0.15, 0.2) is 6.10 Å². The molecule has 4 aliphatic rings. The molecule has 6 amide bonds. The van der Waals surface area contributed by atoms with E-state index in [2.05, 4.69) is 10.6 Å². The van der Waals surface area contributed by atoms with Gasteiger partial charge in [-0.15, -0.1) is 11.8 Å². The van der Waals surface area contributed by atoms with Crippen LogP contribution in [0.4, 0.5) is 10.5 Å². The van der Waals surface area contributed by atoms with E-state index in [-0.39, 0.29) is 100 Å². The second kappa shape index (κ2) is 30.2. The first-order valence-corrected chi connectivity index (χ1v) is 26.6. The molecule has 4 aliphatic heterocycles. The van der Waals surface area contributed by atoms with Crippen molar-refractivity contribution in [1.29, 1.82) is 0 Å². The lowest BCUT2D eigenvalue weighted by atomic mass is 9.84. The standard InChI is InChI=1S/C51H74ClN5O17S/c1-31-9-8-10-37(65-6)35-28-38(72-50(64)55-35)32(2)47-51(4,74-47)41(30-44(60)56(5)36-26-34(25-31)27-39(66-7)46(36)52)73-49(63)33(3)71-22-21-70-23-24-75-40-29-45(61)57(48(40)62)14-11-43(59)54-13-16-68-18-20-69-19-17-67-15-12-42(53)58/h8-10,26-27,32-33,35,37-38,40-41,47H,11-25,28-30H2,1-7H3,(H2,53,58)(H,54,59)(H,55,64)/b10-8+,31-9+/t32-,33+,35-,37-,38?,40?,41+,47+,51+/m1/s1. The summed E-state index contributed by atoms with van der Waals surface area (Å²) in [5.74, 6) is -2.23. The van der Waals surface area contributed by atoms with Crippen LogP contribution >= 0.6 is 23.4 Å². The molecule has 4 heterocycles. The molecule has 0 spiro atoms. The van der Waals surface area contributed by atoms with Crippen molar-refractivity contribution >= 4 is 70.6 Å². The topological polar surface area (TPSA) is 272 Å². The van der Waals surface area contributed by atoms with Crippen LogP contribution in [0.15, 0.2) is 35.9 Å². The largest absolute Gasteiger partial charge is 0.495 e. The Kier molecular flexibility index (Phi) is 24.6. The molecule has 0 saturated carbocycles. The maximum Gasteiger partial charge on any atom is 0.407 e. The quantitative estimate of drug-likeness (QED) is 0.0494. The van der Waals surface area contributed by atoms with Crippen LogP contribution in [0, 0.1) is 5.92 Å². The third kappa shape index (κ3) is 18.4. The molecule has 0 aliphatic carbocycles. The Morgan fingerprint density at radius 2 is 1.65 bits per heavy atom. The fraction of sp³-hybridized carbons (Fsp3) is 0.667. The molecule has 418 valence electrons. The number of methoxy groups -OCH3 is 2. The van der Waals surface area contributed by atoms with Gasteiger partial charge in [0.2, 0.25) is 29.5 Å². The Morgan fingerprint density at radius 3 is 2.36 bits per heavy atom. The lowest BCUT2D eigenvalue weighted by Gasteiger charge is -2.36. The zero-order valence-electron chi connectivity index (χ0n) is 43.9. The minimum atomic E-state index is -1.16. The third-order valence-corrected chi connectivity index (χ3v) is 14.7. The first kappa shape index (κ1) is 61.0. The average molecular weight is 1100 g/mol. The summed E-state index contributed by atoms with van der Waals surface area (Å²) in [5, 5.41) is 5.21. The van der Waals surface area contributed by atoms with Crippen LogP contribution in [-0.2, 0) is 77.8 Å². The number of imide groups is 1. The van der Waals surface area contributed by atoms with Crippen molar-refractivity contribution in [2.24, 2.45) is 11.7 Å². The highest BCUT2D eigenvalue weighted by Gasteiger charge is 2.64. The lowest BCUT2D eigenvalue weighted by Crippen LogP contribution is -2.53. The predicted molar refractivity (Wildman–Crippen MR) is 275 cm³/mol. The summed E-state index contributed by atoms with van der Waals surface area (Å²) in [6.07, 6.45) is 2.02. The maximum atomic E-state index is 14.2. The molecule has 9 atom stereocenters. The Balaban J connectivity index is 1.07. The van der Waals surface area contributed by atoms with Crippen LogP contribution in [0.1, 0.15) is 65.4 Å². The van der Waals surface area contributed by atoms with E-state index in [1.54, 1.807) is 21.1 Å². The van der Waals surface area contributed by atoms with Crippen molar-refractivity contribution in [2.45, 2.75) is 114 Å². The molecular formula is C51H74ClN5O17S. The number of thioether (sulfide) groups is 1. The van der Waals surface area contributed by atoms with E-state index < -0.39 is 71.3 Å². The number of rotatable bonds is 27. The molecule has 1 aromatic carbocycles. The van der Waals surface area contributed by atoms with Crippen LogP contribution in [-0.4, -0.2) is 193 Å². The second-order valence-electron chi connectivity index (χ2n) is 18.7. The van der Waals surface area contributed by atoms with E-state index >= 15 is 0 Å². The van der Waals surface area contributed by atoms with Gasteiger partial charge in [-0.25, -0.2) is 9.59 Å². The number of nitrogens with one attached hydrogen (secondary N) is 2. The number of carbonyl (C=O) groups excluding carboxylic acids is 7. The number of nitrogens with zero attached hydrogens (tertiary/aromatic N) is 2. The van der Waals surface area contributed by atoms with Gasteiger partial charge in [-0.2, -0.15) is 0 Å². The van der Waals surface area contributed by atoms with Gasteiger partial charge in [-0.05, 0) is 44.9 Å². The van der Waals surface area contributed by atoms with Crippen molar-refractivity contribution in [2.75, 3.05) is 104 Å². The molecule has 22 nitrogen and oxygen atoms in total. The van der Waals surface area contributed by atoms with Gasteiger partial charge in [0.25, 0.3) is 0 Å². The van der Waals surface area contributed by atoms with E-state index in [0.717, 1.165) is 16.0 Å². The summed E-state index contributed by atoms with van der Waals surface area (Å²) in [7, 11) is 4.66. The average Bonchev–Trinajstić information content (AvgIpc) is 4.00. The summed E-state index contributed by atoms with van der Waals surface area (Å²) in [4.78, 5) is 92.2. The Bertz CT molecular complexity index is 2200. The number of primary amides is 1. The van der Waals surface area contributed by atoms with Crippen LogP contribution in [0.2, 0.25) is 5.02 Å². The monoisotopic (exact) mass is 1100 g/mol. The van der Waals surface area contributed by atoms with Crippen LogP contribution in [0.3, 0.4) is 0 Å². The summed E-state index contributed by atoms with van der Waals surface area (Å²) in [6.45, 7) is 9.51. The summed E-state index contributed by atoms with van der Waals surface area (Å²) in [6, 6.07) is 3.21. The smallest absolute Gasteiger partial charge is 0.407 e. The molecular weight excluding hydrogens is 1020 g/mol. The highest BCUT2D eigenvalue weighted by molar-refractivity contribution is 8.00. The number of halogens is 1. The van der Waals surface area contributed by atoms with Gasteiger partial charge in [0.1, 0.15) is 28.6 Å². The minimum Gasteiger partial charge on any atom is -0.495 e. The Labute approximate surface area is 447 Å². The Morgan fingerprint density at radius 1 is 0.960 bits per heavy atom. The number of fused-ring (bicyclic) bond motifs is 5. The first-order chi connectivity index (χ1) is 35.9. The van der Waals surface area contributed by atoms with Crippen LogP contribution in [0.5, 0.6) is 5.75 Å². The van der Waals surface area contributed by atoms with Crippen molar-refractivity contribution in [3.63, 3.8) is 0 Å². The maximum absolute atomic E-state index is 14.2. The Hall–Kier alpha value is -4.85.